The molecule has 22 heavy (non-hydrogen) atoms. The number of carbonyl (C=O) groups excluding carboxylic acids is 1. The summed E-state index contributed by atoms with van der Waals surface area (Å²) in [7, 11) is -2.18. The first kappa shape index (κ1) is 16.6. The Morgan fingerprint density at radius 1 is 1.32 bits per heavy atom. The summed E-state index contributed by atoms with van der Waals surface area (Å²) in [5, 5.41) is 0. The van der Waals surface area contributed by atoms with Crippen molar-refractivity contribution in [3.63, 3.8) is 0 Å². The molecular weight excluding hydrogens is 372 g/mol. The Bertz CT molecular complexity index is 782. The third-order valence-electron chi connectivity index (χ3n) is 2.87. The molecule has 0 aliphatic heterocycles. The zero-order valence-electron chi connectivity index (χ0n) is 12.0. The van der Waals surface area contributed by atoms with E-state index in [4.69, 9.17) is 4.74 Å². The normalized spacial score (nSPS) is 11.2. The van der Waals surface area contributed by atoms with Crippen molar-refractivity contribution in [3.05, 3.63) is 46.7 Å². The molecule has 0 atom stereocenters. The number of benzene rings is 1. The van der Waals surface area contributed by atoms with Crippen LogP contribution in [0.1, 0.15) is 17.4 Å². The number of carbonyl (C=O) groups is 1. The van der Waals surface area contributed by atoms with Crippen molar-refractivity contribution >= 4 is 37.6 Å². The second-order valence-electron chi connectivity index (χ2n) is 4.50. The molecule has 0 saturated heterocycles. The molecule has 0 unspecified atom stereocenters. The molecule has 0 amide bonds. The molecule has 1 heterocycles. The monoisotopic (exact) mass is 386 g/mol. The minimum absolute atomic E-state index is 0.000900. The Labute approximate surface area is 137 Å². The predicted molar refractivity (Wildman–Crippen MR) is 86.3 cm³/mol. The Kier molecular flexibility index (Phi) is 4.92. The Hall–Kier alpha value is -1.80. The van der Waals surface area contributed by atoms with Crippen LogP contribution in [0, 0.1) is 0 Å². The number of halogens is 1. The number of nitrogens with one attached hydrogen (secondary N) is 1. The quantitative estimate of drug-likeness (QED) is 0.801. The molecule has 0 spiro atoms. The summed E-state index contributed by atoms with van der Waals surface area (Å²) >= 11 is 3.28. The van der Waals surface area contributed by atoms with Crippen molar-refractivity contribution in [2.24, 2.45) is 7.05 Å². The molecule has 0 saturated carbocycles. The van der Waals surface area contributed by atoms with Gasteiger partial charge in [0.2, 0.25) is 0 Å². The average Bonchev–Trinajstić information content (AvgIpc) is 2.84. The van der Waals surface area contributed by atoms with E-state index in [-0.39, 0.29) is 17.2 Å². The number of aromatic nitrogens is 1. The van der Waals surface area contributed by atoms with Crippen molar-refractivity contribution in [1.29, 1.82) is 0 Å². The van der Waals surface area contributed by atoms with E-state index < -0.39 is 16.0 Å². The topological polar surface area (TPSA) is 77.4 Å². The minimum Gasteiger partial charge on any atom is -0.461 e. The first-order chi connectivity index (χ1) is 10.3. The molecule has 2 rings (SSSR count). The van der Waals surface area contributed by atoms with Crippen molar-refractivity contribution in [3.8, 4) is 0 Å². The lowest BCUT2D eigenvalue weighted by Crippen LogP contribution is -2.12. The molecule has 6 nitrogen and oxygen atoms in total. The lowest BCUT2D eigenvalue weighted by Gasteiger charge is -2.06. The van der Waals surface area contributed by atoms with Gasteiger partial charge in [0.05, 0.1) is 6.61 Å². The fourth-order valence-electron chi connectivity index (χ4n) is 1.82. The van der Waals surface area contributed by atoms with Crippen LogP contribution in [0.4, 0.5) is 5.69 Å². The number of aryl methyl sites for hydroxylation is 1. The summed E-state index contributed by atoms with van der Waals surface area (Å²) in [6, 6.07) is 8.02. The van der Waals surface area contributed by atoms with Gasteiger partial charge in [-0.05, 0) is 37.3 Å². The number of sulfonamides is 1. The van der Waals surface area contributed by atoms with E-state index in [0.29, 0.717) is 5.69 Å². The summed E-state index contributed by atoms with van der Waals surface area (Å²) < 4.78 is 34.3. The number of nitrogens with zero attached hydrogens (tertiary/aromatic N) is 1. The molecule has 1 aromatic heterocycles. The molecule has 0 radical (unpaired) electrons. The van der Waals surface area contributed by atoms with Crippen LogP contribution in [0.3, 0.4) is 0 Å². The lowest BCUT2D eigenvalue weighted by molar-refractivity contribution is 0.0515. The van der Waals surface area contributed by atoms with Crippen molar-refractivity contribution < 1.29 is 17.9 Å². The predicted octanol–water partition coefficient (Wildman–Crippen LogP) is 2.77. The highest BCUT2D eigenvalue weighted by Crippen LogP contribution is 2.20. The maximum atomic E-state index is 12.3. The van der Waals surface area contributed by atoms with Gasteiger partial charge in [-0.25, -0.2) is 13.2 Å². The molecule has 1 N–H and O–H groups in total. The number of anilines is 1. The minimum atomic E-state index is -3.77. The van der Waals surface area contributed by atoms with Crippen molar-refractivity contribution in [1.82, 2.24) is 4.57 Å². The summed E-state index contributed by atoms with van der Waals surface area (Å²) in [6.45, 7) is 1.91. The van der Waals surface area contributed by atoms with Crippen LogP contribution >= 0.6 is 15.9 Å². The molecule has 0 fully saturated rings. The fraction of sp³-hybridized carbons (Fsp3) is 0.214. The van der Waals surface area contributed by atoms with Crippen LogP contribution in [-0.2, 0) is 21.8 Å². The molecule has 0 bridgehead atoms. The second kappa shape index (κ2) is 6.53. The van der Waals surface area contributed by atoms with E-state index in [9.17, 15) is 13.2 Å². The van der Waals surface area contributed by atoms with Gasteiger partial charge in [0.15, 0.2) is 0 Å². The maximum absolute atomic E-state index is 12.3. The molecule has 1 aromatic carbocycles. The van der Waals surface area contributed by atoms with Gasteiger partial charge in [0.1, 0.15) is 10.6 Å². The van der Waals surface area contributed by atoms with E-state index >= 15 is 0 Å². The first-order valence-corrected chi connectivity index (χ1v) is 8.73. The van der Waals surface area contributed by atoms with Crippen LogP contribution in [0.2, 0.25) is 0 Å². The number of hydrogen-bond acceptors (Lipinski definition) is 4. The first-order valence-electron chi connectivity index (χ1n) is 6.45. The van der Waals surface area contributed by atoms with E-state index in [1.165, 1.54) is 16.8 Å². The number of hydrogen-bond donors (Lipinski definition) is 1. The van der Waals surface area contributed by atoms with Gasteiger partial charge in [0.25, 0.3) is 10.0 Å². The molecule has 2 aromatic rings. The molecule has 118 valence electrons. The van der Waals surface area contributed by atoms with E-state index in [0.717, 1.165) is 4.47 Å². The Morgan fingerprint density at radius 3 is 2.55 bits per heavy atom. The summed E-state index contributed by atoms with van der Waals surface area (Å²) in [6.07, 6.45) is 1.37. The fourth-order valence-corrected chi connectivity index (χ4v) is 3.21. The highest BCUT2D eigenvalue weighted by molar-refractivity contribution is 9.10. The average molecular weight is 387 g/mol. The zero-order valence-corrected chi connectivity index (χ0v) is 14.4. The van der Waals surface area contributed by atoms with Gasteiger partial charge in [-0.2, -0.15) is 0 Å². The summed E-state index contributed by atoms with van der Waals surface area (Å²) in [5.74, 6) is -0.560. The van der Waals surface area contributed by atoms with Gasteiger partial charge in [-0.15, -0.1) is 0 Å². The van der Waals surface area contributed by atoms with Gasteiger partial charge < -0.3 is 9.30 Å². The number of esters is 1. The lowest BCUT2D eigenvalue weighted by atomic mass is 10.3. The molecular formula is C14H15BrN2O4S. The second-order valence-corrected chi connectivity index (χ2v) is 7.10. The zero-order chi connectivity index (χ0) is 16.3. The van der Waals surface area contributed by atoms with Crippen LogP contribution in [0.15, 0.2) is 45.9 Å². The highest BCUT2D eigenvalue weighted by Gasteiger charge is 2.21. The summed E-state index contributed by atoms with van der Waals surface area (Å²) in [4.78, 5) is 11.7. The van der Waals surface area contributed by atoms with E-state index in [1.807, 2.05) is 0 Å². The maximum Gasteiger partial charge on any atom is 0.354 e. The number of ether oxygens (including phenoxy) is 1. The van der Waals surface area contributed by atoms with Crippen LogP contribution in [-0.4, -0.2) is 25.6 Å². The van der Waals surface area contributed by atoms with E-state index in [1.54, 1.807) is 38.2 Å². The smallest absolute Gasteiger partial charge is 0.354 e. The summed E-state index contributed by atoms with van der Waals surface area (Å²) in [5.41, 5.74) is 0.614. The third-order valence-corrected chi connectivity index (χ3v) is 4.75. The SMILES string of the molecule is CCOC(=O)c1cc(S(=O)(=O)Nc2ccc(Br)cc2)cn1C. The molecule has 8 heteroatoms. The third kappa shape index (κ3) is 3.69. The standard InChI is InChI=1S/C14H15BrN2O4S/c1-3-21-14(18)13-8-12(9-17(13)2)22(19,20)16-11-6-4-10(15)5-7-11/h4-9,16H,3H2,1-2H3. The van der Waals surface area contributed by atoms with Gasteiger partial charge in [0, 0.05) is 23.4 Å². The molecule has 0 aliphatic carbocycles. The highest BCUT2D eigenvalue weighted by atomic mass is 79.9. The van der Waals surface area contributed by atoms with Crippen LogP contribution < -0.4 is 4.72 Å². The van der Waals surface area contributed by atoms with Gasteiger partial charge in [-0.3, -0.25) is 4.72 Å². The van der Waals surface area contributed by atoms with E-state index in [2.05, 4.69) is 20.7 Å². The Balaban J connectivity index is 2.28. The number of rotatable bonds is 5. The Morgan fingerprint density at radius 2 is 1.95 bits per heavy atom. The van der Waals surface area contributed by atoms with Crippen LogP contribution in [0.5, 0.6) is 0 Å². The van der Waals surface area contributed by atoms with Crippen molar-refractivity contribution in [2.75, 3.05) is 11.3 Å². The van der Waals surface area contributed by atoms with Gasteiger partial charge in [-0.1, -0.05) is 15.9 Å². The van der Waals surface area contributed by atoms with Crippen molar-refractivity contribution in [2.45, 2.75) is 11.8 Å². The van der Waals surface area contributed by atoms with Crippen LogP contribution in [0.25, 0.3) is 0 Å². The van der Waals surface area contributed by atoms with Gasteiger partial charge >= 0.3 is 5.97 Å². The largest absolute Gasteiger partial charge is 0.461 e. The molecule has 0 aliphatic rings.